The van der Waals surface area contributed by atoms with Gasteiger partial charge in [-0.3, -0.25) is 4.79 Å². The van der Waals surface area contributed by atoms with Gasteiger partial charge in [0, 0.05) is 11.1 Å². The first-order valence-corrected chi connectivity index (χ1v) is 17.4. The number of ether oxygens (including phenoxy) is 3. The number of rotatable bonds is 21. The highest BCUT2D eigenvalue weighted by Crippen LogP contribution is 2.40. The molecule has 0 aliphatic heterocycles. The zero-order valence-electron chi connectivity index (χ0n) is 27.7. The van der Waals surface area contributed by atoms with Crippen molar-refractivity contribution < 1.29 is 23.8 Å². The molecule has 0 aromatic heterocycles. The van der Waals surface area contributed by atoms with Crippen LogP contribution in [0.2, 0.25) is 0 Å². The lowest BCUT2D eigenvalue weighted by atomic mass is 10.1. The Morgan fingerprint density at radius 3 is 1.73 bits per heavy atom. The van der Waals surface area contributed by atoms with Crippen LogP contribution >= 0.6 is 0 Å². The van der Waals surface area contributed by atoms with Gasteiger partial charge >= 0.3 is 5.97 Å². The molecule has 0 heterocycles. The number of carbonyl (C=O) groups is 2. The fraction of sp³-hybridized carbons (Fsp3) is 0.500. The summed E-state index contributed by atoms with van der Waals surface area (Å²) in [5, 5.41) is 0. The van der Waals surface area contributed by atoms with Crippen molar-refractivity contribution in [2.24, 2.45) is 0 Å². The van der Waals surface area contributed by atoms with E-state index < -0.39 is 5.97 Å². The third kappa shape index (κ3) is 10.5. The minimum Gasteiger partial charge on any atom is -0.494 e. The molecule has 0 radical (unpaired) electrons. The van der Waals surface area contributed by atoms with Gasteiger partial charge in [0.25, 0.3) is 0 Å². The van der Waals surface area contributed by atoms with E-state index in [9.17, 15) is 9.59 Å². The molecule has 0 saturated heterocycles. The maximum absolute atomic E-state index is 13.3. The highest BCUT2D eigenvalue weighted by molar-refractivity contribution is 6.22. The van der Waals surface area contributed by atoms with Crippen LogP contribution in [0.5, 0.6) is 17.2 Å². The van der Waals surface area contributed by atoms with Crippen LogP contribution in [0.4, 0.5) is 0 Å². The molecule has 1 atom stereocenters. The molecule has 0 unspecified atom stereocenters. The van der Waals surface area contributed by atoms with Gasteiger partial charge in [0.2, 0.25) is 0 Å². The Labute approximate surface area is 270 Å². The van der Waals surface area contributed by atoms with Gasteiger partial charge in [0.05, 0.1) is 18.3 Å². The smallest absolute Gasteiger partial charge is 0.343 e. The first-order valence-electron chi connectivity index (χ1n) is 17.4. The predicted octanol–water partition coefficient (Wildman–Crippen LogP) is 11.2. The summed E-state index contributed by atoms with van der Waals surface area (Å²) in [5.41, 5.74) is 3.32. The summed E-state index contributed by atoms with van der Waals surface area (Å²) < 4.78 is 17.7. The van der Waals surface area contributed by atoms with E-state index in [4.69, 9.17) is 14.2 Å². The number of ketones is 1. The van der Waals surface area contributed by atoms with Crippen molar-refractivity contribution in [3.63, 3.8) is 0 Å². The van der Waals surface area contributed by atoms with Crippen molar-refractivity contribution in [3.8, 4) is 28.4 Å². The Balaban J connectivity index is 1.21. The summed E-state index contributed by atoms with van der Waals surface area (Å²) in [4.78, 5) is 26.2. The third-order valence-electron chi connectivity index (χ3n) is 8.63. The minimum atomic E-state index is -0.470. The molecule has 5 nitrogen and oxygen atoms in total. The molecule has 0 fully saturated rings. The van der Waals surface area contributed by atoms with E-state index in [0.717, 1.165) is 36.1 Å². The monoisotopic (exact) mass is 612 g/mol. The van der Waals surface area contributed by atoms with Crippen molar-refractivity contribution in [2.75, 3.05) is 6.61 Å². The summed E-state index contributed by atoms with van der Waals surface area (Å²) in [6.07, 6.45) is 18.8. The summed E-state index contributed by atoms with van der Waals surface area (Å²) >= 11 is 0. The van der Waals surface area contributed by atoms with Crippen LogP contribution in [0.1, 0.15) is 143 Å². The lowest BCUT2D eigenvalue weighted by Gasteiger charge is -2.15. The van der Waals surface area contributed by atoms with E-state index in [2.05, 4.69) is 20.8 Å². The van der Waals surface area contributed by atoms with Crippen molar-refractivity contribution in [2.45, 2.75) is 123 Å². The molecule has 45 heavy (non-hydrogen) atoms. The van der Waals surface area contributed by atoms with Crippen LogP contribution in [-0.4, -0.2) is 24.5 Å². The standard InChI is InChI=1S/C40H52O5/c1-4-6-8-10-11-12-13-14-15-17-27-43-32-21-19-31(20-22-32)40(42)45-34-24-26-36-35-25-23-33(28-37(35)39(41)38(36)29-34)44-30(3)18-16-9-7-5-2/h19-26,28-30H,4-18,27H2,1-3H3/t30-/m1/s1. The van der Waals surface area contributed by atoms with Gasteiger partial charge in [-0.2, -0.15) is 0 Å². The van der Waals surface area contributed by atoms with Crippen LogP contribution in [0.25, 0.3) is 11.1 Å². The van der Waals surface area contributed by atoms with Crippen LogP contribution in [0.15, 0.2) is 60.7 Å². The molecule has 1 aliphatic rings. The van der Waals surface area contributed by atoms with Gasteiger partial charge in [0.15, 0.2) is 5.78 Å². The van der Waals surface area contributed by atoms with Crippen LogP contribution < -0.4 is 14.2 Å². The number of unbranched alkanes of at least 4 members (excludes halogenated alkanes) is 12. The molecule has 0 spiro atoms. The van der Waals surface area contributed by atoms with Crippen molar-refractivity contribution in [3.05, 3.63) is 77.4 Å². The maximum Gasteiger partial charge on any atom is 0.343 e. The van der Waals surface area contributed by atoms with Crippen LogP contribution in [-0.2, 0) is 0 Å². The van der Waals surface area contributed by atoms with Crippen LogP contribution in [0.3, 0.4) is 0 Å². The molecule has 0 bridgehead atoms. The average molecular weight is 613 g/mol. The maximum atomic E-state index is 13.3. The Hall–Kier alpha value is -3.60. The number of esters is 1. The average Bonchev–Trinajstić information content (AvgIpc) is 3.32. The normalized spacial score (nSPS) is 12.5. The Morgan fingerprint density at radius 1 is 0.600 bits per heavy atom. The Morgan fingerprint density at radius 2 is 1.11 bits per heavy atom. The highest BCUT2D eigenvalue weighted by atomic mass is 16.5. The van der Waals surface area contributed by atoms with Gasteiger partial charge in [0.1, 0.15) is 17.2 Å². The second-order valence-electron chi connectivity index (χ2n) is 12.5. The number of hydrogen-bond acceptors (Lipinski definition) is 5. The zero-order valence-corrected chi connectivity index (χ0v) is 27.7. The molecular formula is C40H52O5. The molecule has 0 N–H and O–H groups in total. The molecule has 5 heteroatoms. The number of fused-ring (bicyclic) bond motifs is 3. The SMILES string of the molecule is CCCCCCCCCCCCOc1ccc(C(=O)Oc2ccc3c(c2)C(=O)c2cc(O[C@H](C)CCCCCC)ccc2-3)cc1. The number of hydrogen-bond donors (Lipinski definition) is 0. The lowest BCUT2D eigenvalue weighted by molar-refractivity contribution is 0.0734. The van der Waals surface area contributed by atoms with Gasteiger partial charge in [-0.1, -0.05) is 90.9 Å². The van der Waals surface area contributed by atoms with E-state index in [0.29, 0.717) is 34.8 Å². The molecule has 242 valence electrons. The van der Waals surface area contributed by atoms with Gasteiger partial charge in [-0.25, -0.2) is 4.79 Å². The van der Waals surface area contributed by atoms with Gasteiger partial charge < -0.3 is 14.2 Å². The van der Waals surface area contributed by atoms with Crippen molar-refractivity contribution in [1.29, 1.82) is 0 Å². The van der Waals surface area contributed by atoms with E-state index in [1.54, 1.807) is 24.3 Å². The van der Waals surface area contributed by atoms with Gasteiger partial charge in [-0.05, 0) is 98.0 Å². The Kier molecular flexibility index (Phi) is 14.0. The highest BCUT2D eigenvalue weighted by Gasteiger charge is 2.28. The molecule has 3 aromatic rings. The summed E-state index contributed by atoms with van der Waals surface area (Å²) in [6.45, 7) is 7.22. The van der Waals surface area contributed by atoms with E-state index in [1.807, 2.05) is 36.4 Å². The fourth-order valence-corrected chi connectivity index (χ4v) is 5.96. The molecule has 4 rings (SSSR count). The molecule has 0 amide bonds. The van der Waals surface area contributed by atoms with Crippen LogP contribution in [0, 0.1) is 0 Å². The fourth-order valence-electron chi connectivity index (χ4n) is 5.96. The third-order valence-corrected chi connectivity index (χ3v) is 8.63. The van der Waals surface area contributed by atoms with E-state index in [-0.39, 0.29) is 11.9 Å². The summed E-state index contributed by atoms with van der Waals surface area (Å²) in [6, 6.07) is 18.0. The van der Waals surface area contributed by atoms with Crippen molar-refractivity contribution >= 4 is 11.8 Å². The number of benzene rings is 3. The molecule has 1 aliphatic carbocycles. The topological polar surface area (TPSA) is 61.8 Å². The first-order chi connectivity index (χ1) is 22.0. The van der Waals surface area contributed by atoms with E-state index >= 15 is 0 Å². The zero-order chi connectivity index (χ0) is 31.9. The first kappa shape index (κ1) is 34.3. The quantitative estimate of drug-likeness (QED) is 0.0532. The largest absolute Gasteiger partial charge is 0.494 e. The predicted molar refractivity (Wildman–Crippen MR) is 183 cm³/mol. The summed E-state index contributed by atoms with van der Waals surface area (Å²) in [5.74, 6) is 1.25. The second kappa shape index (κ2) is 18.4. The number of carbonyl (C=O) groups excluding carboxylic acids is 2. The second-order valence-corrected chi connectivity index (χ2v) is 12.5. The van der Waals surface area contributed by atoms with E-state index in [1.165, 1.54) is 77.0 Å². The molecule has 0 saturated carbocycles. The lowest BCUT2D eigenvalue weighted by Crippen LogP contribution is -2.11. The molecule has 3 aromatic carbocycles. The summed E-state index contributed by atoms with van der Waals surface area (Å²) in [7, 11) is 0. The van der Waals surface area contributed by atoms with Gasteiger partial charge in [-0.15, -0.1) is 0 Å². The molecular weight excluding hydrogens is 560 g/mol. The van der Waals surface area contributed by atoms with Crippen molar-refractivity contribution in [1.82, 2.24) is 0 Å². The Bertz CT molecular complexity index is 1360. The minimum absolute atomic E-state index is 0.0807.